The van der Waals surface area contributed by atoms with E-state index in [9.17, 15) is 16.8 Å². The van der Waals surface area contributed by atoms with Crippen LogP contribution in [0.5, 0.6) is 0 Å². The topological polar surface area (TPSA) is 68.3 Å². The van der Waals surface area contributed by atoms with Gasteiger partial charge in [0.2, 0.25) is 0 Å². The van der Waals surface area contributed by atoms with Crippen LogP contribution in [0.4, 0.5) is 0 Å². The molecule has 0 aromatic carbocycles. The predicted molar refractivity (Wildman–Crippen MR) is 66.9 cm³/mol. The highest BCUT2D eigenvalue weighted by atomic mass is 32.3. The van der Waals surface area contributed by atoms with Gasteiger partial charge in [0, 0.05) is 12.5 Å². The molecule has 0 aliphatic heterocycles. The van der Waals surface area contributed by atoms with Crippen LogP contribution in [0.3, 0.4) is 0 Å². The third-order valence-corrected chi connectivity index (χ3v) is 8.26. The summed E-state index contributed by atoms with van der Waals surface area (Å²) in [7, 11) is -7.08. The van der Waals surface area contributed by atoms with E-state index < -0.39 is 24.3 Å². The third kappa shape index (κ3) is 2.73. The summed E-state index contributed by atoms with van der Waals surface area (Å²) in [6, 6.07) is 0. The molecule has 3 atom stereocenters. The minimum Gasteiger partial charge on any atom is -0.228 e. The Morgan fingerprint density at radius 2 is 1.65 bits per heavy atom. The van der Waals surface area contributed by atoms with Gasteiger partial charge >= 0.3 is 0 Å². The van der Waals surface area contributed by atoms with Crippen molar-refractivity contribution in [3.63, 3.8) is 0 Å². The molecule has 0 N–H and O–H groups in total. The van der Waals surface area contributed by atoms with Crippen molar-refractivity contribution < 1.29 is 16.8 Å². The molecule has 0 aromatic rings. The van der Waals surface area contributed by atoms with E-state index in [1.54, 1.807) is 0 Å². The van der Waals surface area contributed by atoms with Gasteiger partial charge in [0.15, 0.2) is 24.3 Å². The Hall–Kier alpha value is -0.360. The Balaban J connectivity index is 2.18. The minimum absolute atomic E-state index is 0.208. The van der Waals surface area contributed by atoms with Crippen LogP contribution in [0.2, 0.25) is 0 Å². The molecule has 1 fully saturated rings. The van der Waals surface area contributed by atoms with Crippen molar-refractivity contribution in [3.05, 3.63) is 12.2 Å². The monoisotopic (exact) mass is 278 g/mol. The molecule has 0 heterocycles. The van der Waals surface area contributed by atoms with Crippen LogP contribution in [-0.4, -0.2) is 33.9 Å². The summed E-state index contributed by atoms with van der Waals surface area (Å²) in [5, 5.41) is 0. The lowest BCUT2D eigenvalue weighted by molar-refractivity contribution is 0.421. The molecule has 17 heavy (non-hydrogen) atoms. The van der Waals surface area contributed by atoms with Crippen molar-refractivity contribution in [2.75, 3.05) is 12.5 Å². The minimum atomic E-state index is -3.54. The molecular formula is C11H18O4S2. The average Bonchev–Trinajstić information content (AvgIpc) is 2.70. The van der Waals surface area contributed by atoms with E-state index in [-0.39, 0.29) is 12.3 Å². The van der Waals surface area contributed by atoms with E-state index in [2.05, 4.69) is 12.2 Å². The fourth-order valence-corrected chi connectivity index (χ4v) is 6.81. The maximum atomic E-state index is 11.6. The highest BCUT2D eigenvalue weighted by Crippen LogP contribution is 2.46. The maximum Gasteiger partial charge on any atom is 0.164 e. The van der Waals surface area contributed by atoms with E-state index in [1.165, 1.54) is 0 Å². The van der Waals surface area contributed by atoms with E-state index >= 15 is 0 Å². The van der Waals surface area contributed by atoms with Gasteiger partial charge in [-0.25, -0.2) is 16.8 Å². The van der Waals surface area contributed by atoms with Gasteiger partial charge in [0.1, 0.15) is 0 Å². The highest BCUT2D eigenvalue weighted by molar-refractivity contribution is 8.08. The van der Waals surface area contributed by atoms with Gasteiger partial charge in [-0.05, 0) is 37.0 Å². The van der Waals surface area contributed by atoms with Crippen LogP contribution in [0.1, 0.15) is 19.3 Å². The van der Waals surface area contributed by atoms with Crippen LogP contribution in [0.25, 0.3) is 0 Å². The molecule has 2 rings (SSSR count). The number of hydrogen-bond donors (Lipinski definition) is 0. The van der Waals surface area contributed by atoms with Crippen LogP contribution >= 0.6 is 0 Å². The Kier molecular flexibility index (Phi) is 3.14. The fourth-order valence-electron chi connectivity index (χ4n) is 3.08. The van der Waals surface area contributed by atoms with E-state index in [1.807, 2.05) is 0 Å². The smallest absolute Gasteiger partial charge is 0.164 e. The summed E-state index contributed by atoms with van der Waals surface area (Å²) in [6.07, 6.45) is 8.55. The molecule has 0 amide bonds. The first kappa shape index (κ1) is 13.1. The van der Waals surface area contributed by atoms with Gasteiger partial charge in [0.05, 0.1) is 0 Å². The van der Waals surface area contributed by atoms with Crippen LogP contribution in [0.15, 0.2) is 12.2 Å². The first-order valence-corrected chi connectivity index (χ1v) is 9.65. The molecule has 6 heteroatoms. The van der Waals surface area contributed by atoms with Crippen molar-refractivity contribution in [1.82, 2.24) is 0 Å². The average molecular weight is 278 g/mol. The number of rotatable bonds is 4. The Labute approximate surface area is 103 Å². The van der Waals surface area contributed by atoms with Gasteiger partial charge in [-0.2, -0.15) is 0 Å². The molecule has 4 nitrogen and oxygen atoms in total. The molecule has 2 aliphatic rings. The molecule has 3 unspecified atom stereocenters. The summed E-state index contributed by atoms with van der Waals surface area (Å²) >= 11 is 0. The molecule has 2 bridgehead atoms. The van der Waals surface area contributed by atoms with E-state index in [0.717, 1.165) is 25.4 Å². The molecule has 0 radical (unpaired) electrons. The lowest BCUT2D eigenvalue weighted by atomic mass is 9.91. The van der Waals surface area contributed by atoms with Gasteiger partial charge < -0.3 is 0 Å². The maximum absolute atomic E-state index is 11.6. The standard InChI is InChI=1S/C11H18O4S2/c1-16(12,13)11(17(2,14)15)7-10-6-8-3-4-9(10)5-8/h3-4,8-11H,5-7H2,1-2H3. The highest BCUT2D eigenvalue weighted by Gasteiger charge is 2.41. The summed E-state index contributed by atoms with van der Waals surface area (Å²) in [4.78, 5) is 0. The Morgan fingerprint density at radius 3 is 2.00 bits per heavy atom. The molecule has 2 aliphatic carbocycles. The number of sulfone groups is 2. The van der Waals surface area contributed by atoms with Crippen LogP contribution in [0, 0.1) is 17.8 Å². The van der Waals surface area contributed by atoms with Gasteiger partial charge in [-0.15, -0.1) is 0 Å². The molecule has 0 saturated heterocycles. The van der Waals surface area contributed by atoms with Gasteiger partial charge in [-0.1, -0.05) is 12.2 Å². The number of allylic oxidation sites excluding steroid dienone is 2. The normalized spacial score (nSPS) is 32.5. The third-order valence-electron chi connectivity index (χ3n) is 3.87. The van der Waals surface area contributed by atoms with Crippen molar-refractivity contribution in [3.8, 4) is 0 Å². The first-order valence-electron chi connectivity index (χ1n) is 5.74. The van der Waals surface area contributed by atoms with Crippen LogP contribution < -0.4 is 0 Å². The van der Waals surface area contributed by atoms with Crippen LogP contribution in [-0.2, 0) is 19.7 Å². The molecule has 0 aromatic heterocycles. The Morgan fingerprint density at radius 1 is 1.06 bits per heavy atom. The number of hydrogen-bond acceptors (Lipinski definition) is 4. The second-order valence-electron chi connectivity index (χ2n) is 5.36. The SMILES string of the molecule is CS(=O)(=O)C(CC1CC2C=CC1C2)S(C)(=O)=O. The first-order chi connectivity index (χ1) is 7.68. The molecular weight excluding hydrogens is 260 g/mol. The second-order valence-corrected chi connectivity index (χ2v) is 10.1. The van der Waals surface area contributed by atoms with Crippen molar-refractivity contribution >= 4 is 19.7 Å². The Bertz CT molecular complexity index is 498. The van der Waals surface area contributed by atoms with E-state index in [4.69, 9.17) is 0 Å². The summed E-state index contributed by atoms with van der Waals surface area (Å²) in [6.45, 7) is 0. The van der Waals surface area contributed by atoms with Gasteiger partial charge in [-0.3, -0.25) is 0 Å². The summed E-state index contributed by atoms with van der Waals surface area (Å²) in [5.74, 6) is 1.12. The van der Waals surface area contributed by atoms with Gasteiger partial charge in [0.25, 0.3) is 0 Å². The molecule has 1 saturated carbocycles. The zero-order chi connectivity index (χ0) is 12.8. The lowest BCUT2D eigenvalue weighted by Gasteiger charge is -2.22. The van der Waals surface area contributed by atoms with Crippen molar-refractivity contribution in [2.24, 2.45) is 17.8 Å². The number of fused-ring (bicyclic) bond motifs is 2. The van der Waals surface area contributed by atoms with E-state index in [0.29, 0.717) is 11.8 Å². The van der Waals surface area contributed by atoms with Crippen molar-refractivity contribution in [1.29, 1.82) is 0 Å². The molecule has 98 valence electrons. The second kappa shape index (κ2) is 4.09. The lowest BCUT2D eigenvalue weighted by Crippen LogP contribution is -2.32. The largest absolute Gasteiger partial charge is 0.228 e. The molecule has 0 spiro atoms. The fraction of sp³-hybridized carbons (Fsp3) is 0.818. The zero-order valence-corrected chi connectivity index (χ0v) is 11.7. The zero-order valence-electron chi connectivity index (χ0n) is 10.0. The van der Waals surface area contributed by atoms with Crippen molar-refractivity contribution in [2.45, 2.75) is 23.8 Å². The quantitative estimate of drug-likeness (QED) is 0.720. The summed E-state index contributed by atoms with van der Waals surface area (Å²) < 4.78 is 45.1. The summed E-state index contributed by atoms with van der Waals surface area (Å²) in [5.41, 5.74) is 0. The predicted octanol–water partition coefficient (Wildman–Crippen LogP) is 1.00.